The fourth-order valence-electron chi connectivity index (χ4n) is 4.87. The molecule has 3 aromatic carbocycles. The van der Waals surface area contributed by atoms with Gasteiger partial charge in [0.15, 0.2) is 0 Å². The van der Waals surface area contributed by atoms with Crippen LogP contribution in [0.5, 0.6) is 5.88 Å². The molecule has 208 valence electrons. The predicted molar refractivity (Wildman–Crippen MR) is 149 cm³/mol. The van der Waals surface area contributed by atoms with Crippen LogP contribution in [0.25, 0.3) is 22.3 Å². The summed E-state index contributed by atoms with van der Waals surface area (Å²) in [6.07, 6.45) is 1.49. The molecule has 6 rings (SSSR count). The van der Waals surface area contributed by atoms with Crippen LogP contribution in [-0.4, -0.2) is 38.3 Å². The van der Waals surface area contributed by atoms with Gasteiger partial charge in [0, 0.05) is 30.2 Å². The Bertz CT molecular complexity index is 1750. The summed E-state index contributed by atoms with van der Waals surface area (Å²) in [5.74, 6) is -0.872. The number of ether oxygens (including phenoxy) is 2. The summed E-state index contributed by atoms with van der Waals surface area (Å²) in [5.41, 5.74) is 4.52. The average molecular weight is 556 g/mol. The minimum absolute atomic E-state index is 0.0238. The Hall–Kier alpha value is -4.63. The van der Waals surface area contributed by atoms with Crippen molar-refractivity contribution in [3.8, 4) is 17.1 Å². The maximum atomic E-state index is 14.8. The number of carboxylic acids is 1. The van der Waals surface area contributed by atoms with E-state index in [4.69, 9.17) is 14.5 Å². The third kappa shape index (κ3) is 5.67. The second-order valence-electron chi connectivity index (χ2n) is 10.2. The van der Waals surface area contributed by atoms with E-state index in [1.54, 1.807) is 42.5 Å². The highest BCUT2D eigenvalue weighted by Gasteiger charge is 2.22. The third-order valence-corrected chi connectivity index (χ3v) is 7.25. The van der Waals surface area contributed by atoms with Gasteiger partial charge in [0.05, 0.1) is 29.2 Å². The monoisotopic (exact) mass is 555 g/mol. The second-order valence-corrected chi connectivity index (χ2v) is 10.2. The minimum Gasteiger partial charge on any atom is -0.478 e. The first-order valence-corrected chi connectivity index (χ1v) is 13.3. The van der Waals surface area contributed by atoms with Gasteiger partial charge in [-0.2, -0.15) is 0 Å². The summed E-state index contributed by atoms with van der Waals surface area (Å²) in [6, 6.07) is 19.9. The van der Waals surface area contributed by atoms with Crippen molar-refractivity contribution in [3.05, 3.63) is 113 Å². The maximum Gasteiger partial charge on any atom is 0.335 e. The second kappa shape index (κ2) is 11.1. The number of aromatic nitrogens is 3. The lowest BCUT2D eigenvalue weighted by atomic mass is 10.1. The number of halogens is 2. The molecule has 3 heterocycles. The van der Waals surface area contributed by atoms with Gasteiger partial charge in [-0.25, -0.2) is 23.5 Å². The molecule has 1 N–H and O–H groups in total. The van der Waals surface area contributed by atoms with Crippen LogP contribution in [0.3, 0.4) is 0 Å². The molecule has 41 heavy (non-hydrogen) atoms. The Morgan fingerprint density at radius 2 is 1.83 bits per heavy atom. The number of hydrogen-bond acceptors (Lipinski definition) is 5. The summed E-state index contributed by atoms with van der Waals surface area (Å²) < 4.78 is 42.3. The number of aromatic carboxylic acids is 1. The van der Waals surface area contributed by atoms with Gasteiger partial charge in [0.25, 0.3) is 0 Å². The highest BCUT2D eigenvalue weighted by atomic mass is 19.1. The number of aryl methyl sites for hydroxylation is 1. The fraction of sp³-hybridized carbons (Fsp3) is 0.219. The van der Waals surface area contributed by atoms with Crippen LogP contribution in [0.4, 0.5) is 8.78 Å². The van der Waals surface area contributed by atoms with E-state index in [9.17, 15) is 18.7 Å². The summed E-state index contributed by atoms with van der Waals surface area (Å²) in [4.78, 5) is 20.7. The molecule has 9 heteroatoms. The van der Waals surface area contributed by atoms with Crippen LogP contribution in [0.2, 0.25) is 0 Å². The molecule has 0 aliphatic carbocycles. The first-order valence-electron chi connectivity index (χ1n) is 13.3. The number of hydrogen-bond donors (Lipinski definition) is 1. The van der Waals surface area contributed by atoms with E-state index in [0.717, 1.165) is 34.4 Å². The Morgan fingerprint density at radius 1 is 1.02 bits per heavy atom. The highest BCUT2D eigenvalue weighted by molar-refractivity contribution is 5.92. The Labute approximate surface area is 235 Å². The van der Waals surface area contributed by atoms with Gasteiger partial charge in [0.1, 0.15) is 29.8 Å². The van der Waals surface area contributed by atoms with Crippen molar-refractivity contribution >= 4 is 17.0 Å². The van der Waals surface area contributed by atoms with E-state index >= 15 is 0 Å². The number of fused-ring (bicyclic) bond motifs is 1. The summed E-state index contributed by atoms with van der Waals surface area (Å²) in [5, 5.41) is 9.47. The molecule has 0 spiro atoms. The maximum absolute atomic E-state index is 14.8. The Balaban J connectivity index is 1.23. The van der Waals surface area contributed by atoms with Crippen molar-refractivity contribution in [1.82, 2.24) is 14.5 Å². The molecule has 0 bridgehead atoms. The van der Waals surface area contributed by atoms with Gasteiger partial charge < -0.3 is 19.1 Å². The normalized spacial score (nSPS) is 14.7. The van der Waals surface area contributed by atoms with Crippen molar-refractivity contribution in [3.63, 3.8) is 0 Å². The number of carboxylic acid groups (broad SMARTS) is 1. The van der Waals surface area contributed by atoms with E-state index in [2.05, 4.69) is 4.98 Å². The molecular formula is C32H27F2N3O4. The molecule has 5 aromatic rings. The number of nitrogens with zero attached hydrogens (tertiary/aromatic N) is 3. The molecule has 1 aliphatic heterocycles. The van der Waals surface area contributed by atoms with Crippen molar-refractivity contribution in [2.75, 3.05) is 6.61 Å². The van der Waals surface area contributed by atoms with Gasteiger partial charge in [-0.05, 0) is 54.8 Å². The topological polar surface area (TPSA) is 86.5 Å². The highest BCUT2D eigenvalue weighted by Crippen LogP contribution is 2.27. The quantitative estimate of drug-likeness (QED) is 0.228. The van der Waals surface area contributed by atoms with Crippen molar-refractivity contribution in [2.24, 2.45) is 0 Å². The number of benzene rings is 3. The van der Waals surface area contributed by atoms with Crippen LogP contribution in [0.1, 0.15) is 39.3 Å². The predicted octanol–water partition coefficient (Wildman–Crippen LogP) is 6.34. The molecule has 7 nitrogen and oxygen atoms in total. The van der Waals surface area contributed by atoms with Crippen molar-refractivity contribution in [2.45, 2.75) is 39.0 Å². The molecule has 0 amide bonds. The van der Waals surface area contributed by atoms with Crippen LogP contribution in [0, 0.1) is 18.6 Å². The minimum atomic E-state index is -0.991. The lowest BCUT2D eigenvalue weighted by Crippen LogP contribution is -2.31. The van der Waals surface area contributed by atoms with Gasteiger partial charge >= 0.3 is 5.97 Å². The zero-order valence-electron chi connectivity index (χ0n) is 22.3. The zero-order valence-corrected chi connectivity index (χ0v) is 22.3. The van der Waals surface area contributed by atoms with Gasteiger partial charge in [-0.3, -0.25) is 0 Å². The molecule has 0 radical (unpaired) electrons. The van der Waals surface area contributed by atoms with Crippen LogP contribution in [-0.2, 0) is 24.3 Å². The average Bonchev–Trinajstić information content (AvgIpc) is 3.27. The fourth-order valence-corrected chi connectivity index (χ4v) is 4.87. The van der Waals surface area contributed by atoms with Crippen molar-refractivity contribution < 1.29 is 28.2 Å². The smallest absolute Gasteiger partial charge is 0.335 e. The van der Waals surface area contributed by atoms with E-state index in [0.29, 0.717) is 30.7 Å². The lowest BCUT2D eigenvalue weighted by Gasteiger charge is -2.27. The van der Waals surface area contributed by atoms with E-state index < -0.39 is 11.8 Å². The largest absolute Gasteiger partial charge is 0.478 e. The summed E-state index contributed by atoms with van der Waals surface area (Å²) in [7, 11) is 0. The Morgan fingerprint density at radius 3 is 2.54 bits per heavy atom. The third-order valence-electron chi connectivity index (χ3n) is 7.25. The van der Waals surface area contributed by atoms with Crippen molar-refractivity contribution in [1.29, 1.82) is 0 Å². The number of carbonyl (C=O) groups is 1. The molecule has 2 aromatic heterocycles. The molecule has 1 fully saturated rings. The SMILES string of the molecule is Cc1ccc(COc2ccc(F)c(-c3ccc(Cc4nc5ccc(C(=O)O)cc5n4C[C@@H]4CCO4)cc3)n2)c(F)c1. The molecular weight excluding hydrogens is 528 g/mol. The van der Waals surface area contributed by atoms with E-state index in [1.807, 2.05) is 23.6 Å². The van der Waals surface area contributed by atoms with Gasteiger partial charge in [-0.15, -0.1) is 0 Å². The number of pyridine rings is 1. The zero-order chi connectivity index (χ0) is 28.5. The number of rotatable bonds is 9. The Kier molecular flexibility index (Phi) is 7.19. The van der Waals surface area contributed by atoms with E-state index in [-0.39, 0.29) is 35.7 Å². The molecule has 1 saturated heterocycles. The lowest BCUT2D eigenvalue weighted by molar-refractivity contribution is -0.0589. The summed E-state index contributed by atoms with van der Waals surface area (Å²) in [6.45, 7) is 3.09. The molecule has 1 atom stereocenters. The summed E-state index contributed by atoms with van der Waals surface area (Å²) >= 11 is 0. The van der Waals surface area contributed by atoms with Crippen LogP contribution >= 0.6 is 0 Å². The molecule has 0 unspecified atom stereocenters. The first kappa shape index (κ1) is 26.6. The van der Waals surface area contributed by atoms with Gasteiger partial charge in [-0.1, -0.05) is 36.4 Å². The molecule has 0 saturated carbocycles. The van der Waals surface area contributed by atoms with Gasteiger partial charge in [0.2, 0.25) is 5.88 Å². The van der Waals surface area contributed by atoms with Crippen LogP contribution < -0.4 is 4.74 Å². The molecule has 1 aliphatic rings. The standard InChI is InChI=1S/C32H27F2N3O4/c1-19-2-5-23(26(34)14-19)18-41-30-11-9-25(33)31(36-30)21-6-3-20(4-7-21)15-29-35-27-10-8-22(32(38)39)16-28(27)37(29)17-24-12-13-40-24/h2-11,14,16,24H,12-13,15,17-18H2,1H3,(H,38,39)/t24-/m0/s1. The van der Waals surface area contributed by atoms with E-state index in [1.165, 1.54) is 18.2 Å². The first-order chi connectivity index (χ1) is 19.8. The van der Waals surface area contributed by atoms with Crippen LogP contribution in [0.15, 0.2) is 72.8 Å². The number of imidazole rings is 1.